The van der Waals surface area contributed by atoms with Crippen molar-refractivity contribution in [2.45, 2.75) is 6.92 Å². The highest BCUT2D eigenvalue weighted by Gasteiger charge is 2.05. The molecule has 0 spiro atoms. The number of carbonyl (C=O) groups is 1. The van der Waals surface area contributed by atoms with Crippen LogP contribution in [0.3, 0.4) is 0 Å². The molecule has 5 heteroatoms. The zero-order valence-electron chi connectivity index (χ0n) is 5.95. The third-order valence-electron chi connectivity index (χ3n) is 0.923. The predicted octanol–water partition coefficient (Wildman–Crippen LogP) is 1.62. The quantitative estimate of drug-likeness (QED) is 0.339. The minimum absolute atomic E-state index is 0.133. The van der Waals surface area contributed by atoms with Crippen molar-refractivity contribution in [1.29, 1.82) is 5.41 Å². The van der Waals surface area contributed by atoms with Gasteiger partial charge >= 0.3 is 0 Å². The van der Waals surface area contributed by atoms with E-state index in [-0.39, 0.29) is 10.7 Å². The van der Waals surface area contributed by atoms with Gasteiger partial charge in [-0.15, -0.1) is 0 Å². The molecule has 0 aliphatic carbocycles. The number of carbonyl (C=O) groups excluding carboxylic acids is 1. The van der Waals surface area contributed by atoms with E-state index >= 15 is 0 Å². The number of aldehydes is 1. The summed E-state index contributed by atoms with van der Waals surface area (Å²) in [5.41, 5.74) is 0.133. The van der Waals surface area contributed by atoms with E-state index in [4.69, 9.17) is 17.0 Å². The molecule has 0 unspecified atom stereocenters. The second-order valence-corrected chi connectivity index (χ2v) is 2.86. The van der Waals surface area contributed by atoms with Crippen LogP contribution in [0.25, 0.3) is 0 Å². The molecule has 0 atom stereocenters. The van der Waals surface area contributed by atoms with Gasteiger partial charge in [-0.2, -0.15) is 0 Å². The second kappa shape index (κ2) is 5.32. The van der Waals surface area contributed by atoms with E-state index in [1.165, 1.54) is 0 Å². The molecule has 3 nitrogen and oxygen atoms in total. The van der Waals surface area contributed by atoms with Crippen molar-refractivity contribution in [2.75, 3.05) is 6.54 Å². The maximum atomic E-state index is 10.3. The van der Waals surface area contributed by atoms with Crippen LogP contribution in [0.5, 0.6) is 0 Å². The minimum atomic E-state index is -0.271. The zero-order chi connectivity index (χ0) is 8.85. The molecule has 0 heterocycles. The largest absolute Gasteiger partial charge is 0.379 e. The van der Waals surface area contributed by atoms with Crippen molar-refractivity contribution in [3.05, 3.63) is 10.2 Å². The smallest absolute Gasteiger partial charge is 0.155 e. The first-order chi connectivity index (χ1) is 5.13. The Morgan fingerprint density at radius 3 is 2.64 bits per heavy atom. The molecule has 0 saturated carbocycles. The average Bonchev–Trinajstić information content (AvgIpc) is 1.88. The molecule has 0 saturated heterocycles. The van der Waals surface area contributed by atoms with Gasteiger partial charge in [-0.05, 0) is 22.9 Å². The second-order valence-electron chi connectivity index (χ2n) is 1.69. The van der Waals surface area contributed by atoms with Gasteiger partial charge in [-0.3, -0.25) is 10.2 Å². The lowest BCUT2D eigenvalue weighted by Gasteiger charge is -2.02. The molecule has 2 N–H and O–H groups in total. The van der Waals surface area contributed by atoms with Crippen molar-refractivity contribution >= 4 is 39.0 Å². The highest BCUT2D eigenvalue weighted by atomic mass is 79.9. The minimum Gasteiger partial charge on any atom is -0.379 e. The first-order valence-electron chi connectivity index (χ1n) is 2.96. The highest BCUT2D eigenvalue weighted by Crippen LogP contribution is 2.09. The van der Waals surface area contributed by atoms with Crippen LogP contribution >= 0.6 is 27.5 Å². The summed E-state index contributed by atoms with van der Waals surface area (Å²) in [5, 5.41) is 9.51. The standard InChI is InChI=1S/C6H8BrClN2O/c1-2-10-5(7)4(3-11)6(8)9/h3,9-10H,2H2,1H3/b5-4-,9-6?. The van der Waals surface area contributed by atoms with Gasteiger partial charge < -0.3 is 5.32 Å². The van der Waals surface area contributed by atoms with Gasteiger partial charge in [0.25, 0.3) is 0 Å². The zero-order valence-corrected chi connectivity index (χ0v) is 8.29. The van der Waals surface area contributed by atoms with Crippen LogP contribution in [-0.2, 0) is 4.79 Å². The molecule has 0 radical (unpaired) electrons. The van der Waals surface area contributed by atoms with Crippen molar-refractivity contribution in [3.8, 4) is 0 Å². The Hall–Kier alpha value is -0.350. The number of halogens is 2. The van der Waals surface area contributed by atoms with Crippen molar-refractivity contribution in [3.63, 3.8) is 0 Å². The van der Waals surface area contributed by atoms with E-state index < -0.39 is 0 Å². The van der Waals surface area contributed by atoms with Gasteiger partial charge in [0.15, 0.2) is 6.29 Å². The van der Waals surface area contributed by atoms with Gasteiger partial charge in [0.1, 0.15) is 5.17 Å². The van der Waals surface area contributed by atoms with Gasteiger partial charge in [0.2, 0.25) is 0 Å². The molecular formula is C6H8BrClN2O. The Bertz CT molecular complexity index is 203. The summed E-state index contributed by atoms with van der Waals surface area (Å²) < 4.78 is 0.454. The Labute approximate surface area is 78.4 Å². The lowest BCUT2D eigenvalue weighted by Crippen LogP contribution is -2.12. The monoisotopic (exact) mass is 238 g/mol. The summed E-state index contributed by atoms with van der Waals surface area (Å²) in [6, 6.07) is 0. The van der Waals surface area contributed by atoms with Crippen LogP contribution in [0.1, 0.15) is 6.92 Å². The summed E-state index contributed by atoms with van der Waals surface area (Å²) in [6.07, 6.45) is 0.530. The molecule has 0 aromatic rings. The molecule has 62 valence electrons. The Morgan fingerprint density at radius 2 is 2.36 bits per heavy atom. The number of hydrogen-bond donors (Lipinski definition) is 2. The average molecular weight is 240 g/mol. The summed E-state index contributed by atoms with van der Waals surface area (Å²) >= 11 is 8.38. The highest BCUT2D eigenvalue weighted by molar-refractivity contribution is 9.11. The molecule has 0 aromatic heterocycles. The molecule has 0 bridgehead atoms. The number of hydrogen-bond acceptors (Lipinski definition) is 3. The van der Waals surface area contributed by atoms with Crippen LogP contribution in [0, 0.1) is 5.41 Å². The Kier molecular flexibility index (Phi) is 5.15. The predicted molar refractivity (Wildman–Crippen MR) is 49.3 cm³/mol. The number of rotatable bonds is 4. The fourth-order valence-electron chi connectivity index (χ4n) is 0.450. The normalized spacial score (nSPS) is 11.9. The molecular weight excluding hydrogens is 231 g/mol. The fraction of sp³-hybridized carbons (Fsp3) is 0.333. The van der Waals surface area contributed by atoms with Gasteiger partial charge in [-0.1, -0.05) is 11.6 Å². The molecule has 0 aliphatic rings. The first kappa shape index (κ1) is 10.7. The van der Waals surface area contributed by atoms with Crippen molar-refractivity contribution in [1.82, 2.24) is 5.32 Å². The Balaban J connectivity index is 4.53. The van der Waals surface area contributed by atoms with Crippen LogP contribution in [0.4, 0.5) is 0 Å². The SMILES string of the molecule is CCN/C(Br)=C(/C=O)C(=N)Cl. The third kappa shape index (κ3) is 3.53. The van der Waals surface area contributed by atoms with Crippen LogP contribution in [0.2, 0.25) is 0 Å². The molecule has 0 amide bonds. The third-order valence-corrected chi connectivity index (χ3v) is 1.83. The topological polar surface area (TPSA) is 53.0 Å². The summed E-state index contributed by atoms with van der Waals surface area (Å²) in [6.45, 7) is 2.55. The summed E-state index contributed by atoms with van der Waals surface area (Å²) in [4.78, 5) is 10.3. The molecule has 11 heavy (non-hydrogen) atoms. The van der Waals surface area contributed by atoms with E-state index in [0.717, 1.165) is 0 Å². The van der Waals surface area contributed by atoms with Crippen molar-refractivity contribution < 1.29 is 4.79 Å². The molecule has 0 aromatic carbocycles. The van der Waals surface area contributed by atoms with Gasteiger partial charge in [0.05, 0.1) is 10.2 Å². The lowest BCUT2D eigenvalue weighted by molar-refractivity contribution is -0.104. The fourth-order valence-corrected chi connectivity index (χ4v) is 1.28. The summed E-state index contributed by atoms with van der Waals surface area (Å²) in [7, 11) is 0. The van der Waals surface area contributed by atoms with Crippen LogP contribution in [-0.4, -0.2) is 18.0 Å². The number of allylic oxidation sites excluding steroid dienone is 1. The summed E-state index contributed by atoms with van der Waals surface area (Å²) in [5.74, 6) is 0. The van der Waals surface area contributed by atoms with Crippen molar-refractivity contribution in [2.24, 2.45) is 0 Å². The lowest BCUT2D eigenvalue weighted by atomic mass is 10.3. The van der Waals surface area contributed by atoms with E-state index in [9.17, 15) is 4.79 Å². The van der Waals surface area contributed by atoms with Crippen LogP contribution in [0.15, 0.2) is 10.2 Å². The van der Waals surface area contributed by atoms with Gasteiger partial charge in [0, 0.05) is 6.54 Å². The van der Waals surface area contributed by atoms with Gasteiger partial charge in [-0.25, -0.2) is 0 Å². The molecule has 0 fully saturated rings. The Morgan fingerprint density at radius 1 is 1.82 bits per heavy atom. The van der Waals surface area contributed by atoms with E-state index in [2.05, 4.69) is 21.2 Å². The number of nitrogens with one attached hydrogen (secondary N) is 2. The molecule has 0 aliphatic heterocycles. The van der Waals surface area contributed by atoms with E-state index in [1.807, 2.05) is 6.92 Å². The van der Waals surface area contributed by atoms with E-state index in [1.54, 1.807) is 0 Å². The maximum Gasteiger partial charge on any atom is 0.155 e. The maximum absolute atomic E-state index is 10.3. The molecule has 0 rings (SSSR count). The first-order valence-corrected chi connectivity index (χ1v) is 4.13. The van der Waals surface area contributed by atoms with Crippen LogP contribution < -0.4 is 5.32 Å². The van der Waals surface area contributed by atoms with E-state index in [0.29, 0.717) is 17.4 Å².